The molecule has 0 aliphatic carbocycles. The second-order valence-corrected chi connectivity index (χ2v) is 6.63. The summed E-state index contributed by atoms with van der Waals surface area (Å²) in [7, 11) is -3.76. The fourth-order valence-corrected chi connectivity index (χ4v) is 3.29. The number of aliphatic imine (C=N–C) groups is 1. The van der Waals surface area contributed by atoms with Crippen LogP contribution in [0.4, 0.5) is 10.8 Å². The Hall–Kier alpha value is -1.45. The minimum absolute atomic E-state index is 0. The summed E-state index contributed by atoms with van der Waals surface area (Å²) >= 11 is 1.16. The molecule has 0 unspecified atom stereocenters. The van der Waals surface area contributed by atoms with E-state index < -0.39 is 10.0 Å². The van der Waals surface area contributed by atoms with Crippen molar-refractivity contribution in [2.24, 2.45) is 4.99 Å². The van der Waals surface area contributed by atoms with E-state index in [1.165, 1.54) is 18.3 Å². The van der Waals surface area contributed by atoms with Gasteiger partial charge in [-0.15, -0.1) is 0 Å². The van der Waals surface area contributed by atoms with Crippen LogP contribution in [-0.2, 0) is 10.0 Å². The SMILES string of the molecule is O=S(=O)([N-]c1nccs1)c1ccc(N=Cc2ccco2)cc1.[Na+]. The molecule has 0 radical (unpaired) electrons. The van der Waals surface area contributed by atoms with Crippen molar-refractivity contribution in [3.8, 4) is 0 Å². The second-order valence-electron chi connectivity index (χ2n) is 4.15. The third kappa shape index (κ3) is 4.76. The monoisotopic (exact) mass is 355 g/mol. The fourth-order valence-electron chi connectivity index (χ4n) is 1.62. The van der Waals surface area contributed by atoms with Crippen molar-refractivity contribution in [1.29, 1.82) is 0 Å². The first-order chi connectivity index (χ1) is 10.6. The van der Waals surface area contributed by atoms with Gasteiger partial charge >= 0.3 is 29.6 Å². The summed E-state index contributed by atoms with van der Waals surface area (Å²) in [4.78, 5) is 8.13. The van der Waals surface area contributed by atoms with Gasteiger partial charge in [0.2, 0.25) is 10.0 Å². The predicted octanol–water partition coefficient (Wildman–Crippen LogP) is 0.885. The summed E-state index contributed by atoms with van der Waals surface area (Å²) < 4.78 is 33.0. The first kappa shape index (κ1) is 17.9. The van der Waals surface area contributed by atoms with Gasteiger partial charge in [0.05, 0.1) is 23.1 Å². The number of furan rings is 1. The fraction of sp³-hybridized carbons (Fsp3) is 0. The van der Waals surface area contributed by atoms with Crippen LogP contribution in [0.15, 0.2) is 68.5 Å². The van der Waals surface area contributed by atoms with Gasteiger partial charge in [0.25, 0.3) is 0 Å². The van der Waals surface area contributed by atoms with E-state index in [0.29, 0.717) is 11.4 Å². The zero-order valence-electron chi connectivity index (χ0n) is 12.2. The molecule has 1 aromatic carbocycles. The molecule has 0 amide bonds. The Balaban J connectivity index is 0.00000192. The Morgan fingerprint density at radius 3 is 2.61 bits per heavy atom. The van der Waals surface area contributed by atoms with Crippen LogP contribution in [0, 0.1) is 0 Å². The summed E-state index contributed by atoms with van der Waals surface area (Å²) in [6.07, 6.45) is 4.62. The predicted molar refractivity (Wildman–Crippen MR) is 84.7 cm³/mol. The Morgan fingerprint density at radius 1 is 1.22 bits per heavy atom. The van der Waals surface area contributed by atoms with Crippen LogP contribution in [0.25, 0.3) is 4.72 Å². The Labute approximate surface area is 159 Å². The van der Waals surface area contributed by atoms with Crippen molar-refractivity contribution in [3.05, 3.63) is 64.7 Å². The summed E-state index contributed by atoms with van der Waals surface area (Å²) in [6.45, 7) is 0. The molecular formula is C14H10N3NaO3S2. The summed E-state index contributed by atoms with van der Waals surface area (Å²) in [5.74, 6) is 0.621. The van der Waals surface area contributed by atoms with Gasteiger partial charge in [-0.05, 0) is 41.8 Å². The van der Waals surface area contributed by atoms with Crippen LogP contribution in [0.3, 0.4) is 0 Å². The van der Waals surface area contributed by atoms with E-state index in [4.69, 9.17) is 4.42 Å². The maximum atomic E-state index is 12.1. The topological polar surface area (TPSA) is 86.6 Å². The van der Waals surface area contributed by atoms with Crippen molar-refractivity contribution < 1.29 is 42.4 Å². The number of sulfonamides is 1. The summed E-state index contributed by atoms with van der Waals surface area (Å²) in [5, 5.41) is 1.88. The molecule has 0 atom stereocenters. The molecule has 112 valence electrons. The van der Waals surface area contributed by atoms with Gasteiger partial charge in [-0.25, -0.2) is 8.42 Å². The zero-order valence-corrected chi connectivity index (χ0v) is 15.8. The van der Waals surface area contributed by atoms with E-state index in [1.54, 1.807) is 42.1 Å². The van der Waals surface area contributed by atoms with Crippen LogP contribution in [0.1, 0.15) is 5.76 Å². The van der Waals surface area contributed by atoms with Gasteiger partial charge in [0, 0.05) is 5.13 Å². The number of hydrogen-bond donors (Lipinski definition) is 0. The quantitative estimate of drug-likeness (QED) is 0.502. The largest absolute Gasteiger partial charge is 1.00 e. The number of thiazole rings is 1. The van der Waals surface area contributed by atoms with E-state index >= 15 is 0 Å². The van der Waals surface area contributed by atoms with Crippen molar-refractivity contribution in [2.45, 2.75) is 4.90 Å². The molecule has 0 N–H and O–H groups in total. The zero-order chi connectivity index (χ0) is 15.4. The molecule has 0 saturated carbocycles. The third-order valence-corrected chi connectivity index (χ3v) is 4.70. The molecule has 2 aromatic heterocycles. The Kier molecular flexibility index (Phi) is 6.14. The van der Waals surface area contributed by atoms with E-state index in [-0.39, 0.29) is 39.6 Å². The molecule has 0 spiro atoms. The molecule has 23 heavy (non-hydrogen) atoms. The molecule has 3 aromatic rings. The van der Waals surface area contributed by atoms with Crippen LogP contribution in [0.5, 0.6) is 0 Å². The van der Waals surface area contributed by atoms with E-state index in [0.717, 1.165) is 11.3 Å². The summed E-state index contributed by atoms with van der Waals surface area (Å²) in [5.41, 5.74) is 0.615. The van der Waals surface area contributed by atoms with Crippen molar-refractivity contribution in [3.63, 3.8) is 0 Å². The molecular weight excluding hydrogens is 345 g/mol. The maximum Gasteiger partial charge on any atom is 1.00 e. The molecule has 0 fully saturated rings. The van der Waals surface area contributed by atoms with E-state index in [2.05, 4.69) is 14.7 Å². The van der Waals surface area contributed by atoms with Crippen LogP contribution in [0.2, 0.25) is 0 Å². The average molecular weight is 355 g/mol. The smallest absolute Gasteiger partial charge is 0.463 e. The molecule has 0 aliphatic heterocycles. The molecule has 0 aliphatic rings. The van der Waals surface area contributed by atoms with Crippen molar-refractivity contribution in [2.75, 3.05) is 0 Å². The first-order valence-electron chi connectivity index (χ1n) is 6.19. The van der Waals surface area contributed by atoms with Gasteiger partial charge in [-0.1, -0.05) is 6.20 Å². The van der Waals surface area contributed by atoms with Gasteiger partial charge in [0.15, 0.2) is 0 Å². The normalized spacial score (nSPS) is 11.3. The Morgan fingerprint density at radius 2 is 2.00 bits per heavy atom. The van der Waals surface area contributed by atoms with Gasteiger partial charge < -0.3 is 14.1 Å². The molecule has 0 saturated heterocycles. The number of benzene rings is 1. The number of rotatable bonds is 5. The summed E-state index contributed by atoms with van der Waals surface area (Å²) in [6, 6.07) is 9.66. The number of aromatic nitrogens is 1. The minimum Gasteiger partial charge on any atom is -0.463 e. The second kappa shape index (κ2) is 7.89. The maximum absolute atomic E-state index is 12.1. The Bertz CT molecular complexity index is 859. The van der Waals surface area contributed by atoms with Crippen LogP contribution >= 0.6 is 11.3 Å². The van der Waals surface area contributed by atoms with Crippen molar-refractivity contribution >= 4 is 38.4 Å². The molecule has 9 heteroatoms. The molecule has 0 bridgehead atoms. The van der Waals surface area contributed by atoms with Gasteiger partial charge in [-0.2, -0.15) is 11.3 Å². The van der Waals surface area contributed by atoms with Crippen LogP contribution < -0.4 is 29.6 Å². The van der Waals surface area contributed by atoms with E-state index in [9.17, 15) is 8.42 Å². The average Bonchev–Trinajstić information content (AvgIpc) is 3.18. The standard InChI is InChI=1S/C14H10N3O3S2.Na/c18-22(19,17-14-15-7-9-21-14)13-5-3-11(4-6-13)16-10-12-2-1-8-20-12;/h1-10H;/q-1;+1. The van der Waals surface area contributed by atoms with Gasteiger partial charge in [-0.3, -0.25) is 4.99 Å². The van der Waals surface area contributed by atoms with Gasteiger partial charge in [0.1, 0.15) is 5.76 Å². The molecule has 6 nitrogen and oxygen atoms in total. The van der Waals surface area contributed by atoms with Crippen molar-refractivity contribution in [1.82, 2.24) is 4.98 Å². The molecule has 3 rings (SSSR count). The number of hydrogen-bond acceptors (Lipinski definition) is 6. The van der Waals surface area contributed by atoms with E-state index in [1.807, 2.05) is 0 Å². The first-order valence-corrected chi connectivity index (χ1v) is 8.51. The molecule has 2 heterocycles. The number of nitrogens with zero attached hydrogens (tertiary/aromatic N) is 3. The third-order valence-electron chi connectivity index (χ3n) is 2.64. The minimum atomic E-state index is -3.76. The van der Waals surface area contributed by atoms with Crippen LogP contribution in [-0.4, -0.2) is 19.6 Å².